The molecule has 1 rings (SSSR count). The van der Waals surface area contributed by atoms with Crippen LogP contribution >= 0.6 is 12.6 Å². The molecule has 0 aromatic heterocycles. The zero-order valence-electron chi connectivity index (χ0n) is 7.85. The molecule has 1 aromatic carbocycles. The second-order valence-electron chi connectivity index (χ2n) is 3.14. The maximum atomic E-state index is 13.2. The molecule has 0 aliphatic heterocycles. The number of benzene rings is 1. The number of hydrogen-bond donors (Lipinski definition) is 2. The van der Waals surface area contributed by atoms with E-state index in [2.05, 4.69) is 12.6 Å². The summed E-state index contributed by atoms with van der Waals surface area (Å²) in [4.78, 5) is 0. The van der Waals surface area contributed by atoms with E-state index in [0.717, 1.165) is 0 Å². The highest BCUT2D eigenvalue weighted by Gasteiger charge is 2.33. The average molecular weight is 257 g/mol. The van der Waals surface area contributed by atoms with Gasteiger partial charge in [0.15, 0.2) is 0 Å². The summed E-state index contributed by atoms with van der Waals surface area (Å²) in [6, 6.07) is -0.630. The molecule has 0 bridgehead atoms. The van der Waals surface area contributed by atoms with Crippen LogP contribution in [-0.4, -0.2) is 5.75 Å². The standard InChI is InChI=1S/C9H8F5NS/c10-5-1-4(9(12,13)14)2-6(11)8(5)7(15)3-16/h1-2,7,16H,3,15H2. The van der Waals surface area contributed by atoms with Crippen LogP contribution in [0.2, 0.25) is 0 Å². The van der Waals surface area contributed by atoms with E-state index < -0.39 is 35.0 Å². The number of thiol groups is 1. The Labute approximate surface area is 93.8 Å². The third-order valence-corrected chi connectivity index (χ3v) is 2.37. The fourth-order valence-corrected chi connectivity index (χ4v) is 1.38. The van der Waals surface area contributed by atoms with Crippen molar-refractivity contribution in [3.8, 4) is 0 Å². The largest absolute Gasteiger partial charge is 0.416 e. The van der Waals surface area contributed by atoms with Crippen LogP contribution in [0.4, 0.5) is 22.0 Å². The third kappa shape index (κ3) is 2.65. The molecule has 0 aliphatic carbocycles. The van der Waals surface area contributed by atoms with Crippen molar-refractivity contribution in [3.63, 3.8) is 0 Å². The lowest BCUT2D eigenvalue weighted by Crippen LogP contribution is -2.17. The minimum absolute atomic E-state index is 0.0702. The van der Waals surface area contributed by atoms with E-state index in [1.165, 1.54) is 0 Å². The Kier molecular flexibility index (Phi) is 3.80. The zero-order valence-corrected chi connectivity index (χ0v) is 8.75. The average Bonchev–Trinajstić information content (AvgIpc) is 2.14. The molecule has 1 unspecified atom stereocenters. The van der Waals surface area contributed by atoms with Crippen molar-refractivity contribution in [2.24, 2.45) is 5.73 Å². The second kappa shape index (κ2) is 4.58. The zero-order chi connectivity index (χ0) is 12.5. The molecule has 1 nitrogen and oxygen atoms in total. The van der Waals surface area contributed by atoms with E-state index in [1.54, 1.807) is 0 Å². The van der Waals surface area contributed by atoms with Gasteiger partial charge in [0.05, 0.1) is 5.56 Å². The molecular formula is C9H8F5NS. The van der Waals surface area contributed by atoms with E-state index >= 15 is 0 Å². The van der Waals surface area contributed by atoms with Gasteiger partial charge in [-0.1, -0.05) is 0 Å². The quantitative estimate of drug-likeness (QED) is 0.618. The summed E-state index contributed by atoms with van der Waals surface area (Å²) < 4.78 is 63.0. The lowest BCUT2D eigenvalue weighted by molar-refractivity contribution is -0.138. The monoisotopic (exact) mass is 257 g/mol. The molecule has 0 radical (unpaired) electrons. The molecule has 7 heteroatoms. The van der Waals surface area contributed by atoms with Gasteiger partial charge in [-0.2, -0.15) is 25.8 Å². The lowest BCUT2D eigenvalue weighted by Gasteiger charge is -2.14. The fraction of sp³-hybridized carbons (Fsp3) is 0.333. The predicted molar refractivity (Wildman–Crippen MR) is 52.1 cm³/mol. The van der Waals surface area contributed by atoms with Crippen LogP contribution in [0.3, 0.4) is 0 Å². The first kappa shape index (κ1) is 13.2. The van der Waals surface area contributed by atoms with E-state index in [0.29, 0.717) is 0 Å². The lowest BCUT2D eigenvalue weighted by atomic mass is 10.0. The van der Waals surface area contributed by atoms with Gasteiger partial charge < -0.3 is 5.73 Å². The smallest absolute Gasteiger partial charge is 0.323 e. The summed E-state index contributed by atoms with van der Waals surface area (Å²) in [5.41, 5.74) is 3.36. The minimum Gasteiger partial charge on any atom is -0.323 e. The molecular weight excluding hydrogens is 249 g/mol. The van der Waals surface area contributed by atoms with Crippen LogP contribution in [0, 0.1) is 11.6 Å². The molecule has 0 saturated heterocycles. The maximum absolute atomic E-state index is 13.2. The minimum atomic E-state index is -4.79. The summed E-state index contributed by atoms with van der Waals surface area (Å²) in [6.07, 6.45) is -4.79. The van der Waals surface area contributed by atoms with Crippen LogP contribution in [-0.2, 0) is 6.18 Å². The highest BCUT2D eigenvalue weighted by Crippen LogP contribution is 2.32. The van der Waals surface area contributed by atoms with Gasteiger partial charge in [0.25, 0.3) is 0 Å². The summed E-state index contributed by atoms with van der Waals surface area (Å²) in [6.45, 7) is 0. The summed E-state index contributed by atoms with van der Waals surface area (Å²) in [7, 11) is 0. The van der Waals surface area contributed by atoms with Gasteiger partial charge in [0.1, 0.15) is 11.6 Å². The molecule has 0 saturated carbocycles. The number of alkyl halides is 3. The van der Waals surface area contributed by atoms with E-state index in [1.807, 2.05) is 0 Å². The Hall–Kier alpha value is -0.820. The van der Waals surface area contributed by atoms with Crippen LogP contribution < -0.4 is 5.73 Å². The fourth-order valence-electron chi connectivity index (χ4n) is 1.19. The van der Waals surface area contributed by atoms with Crippen molar-refractivity contribution in [2.75, 3.05) is 5.75 Å². The van der Waals surface area contributed by atoms with Gasteiger partial charge in [-0.15, -0.1) is 0 Å². The highest BCUT2D eigenvalue weighted by atomic mass is 32.1. The van der Waals surface area contributed by atoms with Crippen molar-refractivity contribution in [3.05, 3.63) is 34.9 Å². The Morgan fingerprint density at radius 2 is 1.62 bits per heavy atom. The molecule has 0 aliphatic rings. The molecule has 1 atom stereocenters. The van der Waals surface area contributed by atoms with Crippen LogP contribution in [0.1, 0.15) is 17.2 Å². The normalized spacial score (nSPS) is 13.9. The maximum Gasteiger partial charge on any atom is 0.416 e. The van der Waals surface area contributed by atoms with Crippen molar-refractivity contribution in [1.82, 2.24) is 0 Å². The van der Waals surface area contributed by atoms with Crippen molar-refractivity contribution >= 4 is 12.6 Å². The first-order chi connectivity index (χ1) is 7.27. The van der Waals surface area contributed by atoms with Crippen molar-refractivity contribution < 1.29 is 22.0 Å². The Balaban J connectivity index is 3.28. The molecule has 0 fully saturated rings. The third-order valence-electron chi connectivity index (χ3n) is 1.97. The Morgan fingerprint density at radius 1 is 1.19 bits per heavy atom. The number of rotatable bonds is 2. The molecule has 2 N–H and O–H groups in total. The topological polar surface area (TPSA) is 26.0 Å². The summed E-state index contributed by atoms with van der Waals surface area (Å²) >= 11 is 3.72. The predicted octanol–water partition coefficient (Wildman–Crippen LogP) is 2.91. The first-order valence-corrected chi connectivity index (χ1v) is 4.83. The molecule has 0 spiro atoms. The number of halogens is 5. The van der Waals surface area contributed by atoms with Gasteiger partial charge in [0.2, 0.25) is 0 Å². The van der Waals surface area contributed by atoms with E-state index in [9.17, 15) is 22.0 Å². The Bertz CT molecular complexity index is 367. The number of nitrogens with two attached hydrogens (primary N) is 1. The summed E-state index contributed by atoms with van der Waals surface area (Å²) in [5.74, 6) is -2.69. The molecule has 1 aromatic rings. The first-order valence-electron chi connectivity index (χ1n) is 4.20. The van der Waals surface area contributed by atoms with Crippen LogP contribution in [0.15, 0.2) is 12.1 Å². The van der Waals surface area contributed by atoms with Gasteiger partial charge in [0, 0.05) is 17.4 Å². The molecule has 0 amide bonds. The number of hydrogen-bond acceptors (Lipinski definition) is 2. The summed E-state index contributed by atoms with van der Waals surface area (Å²) in [5, 5.41) is 0. The van der Waals surface area contributed by atoms with Crippen LogP contribution in [0.25, 0.3) is 0 Å². The molecule has 16 heavy (non-hydrogen) atoms. The molecule has 0 heterocycles. The molecule has 90 valence electrons. The van der Waals surface area contributed by atoms with Gasteiger partial charge in [-0.05, 0) is 12.1 Å². The van der Waals surface area contributed by atoms with Gasteiger partial charge in [-0.25, -0.2) is 8.78 Å². The van der Waals surface area contributed by atoms with Gasteiger partial charge in [-0.3, -0.25) is 0 Å². The van der Waals surface area contributed by atoms with Crippen LogP contribution in [0.5, 0.6) is 0 Å². The van der Waals surface area contributed by atoms with Crippen molar-refractivity contribution in [2.45, 2.75) is 12.2 Å². The van der Waals surface area contributed by atoms with Gasteiger partial charge >= 0.3 is 6.18 Å². The highest BCUT2D eigenvalue weighted by molar-refractivity contribution is 7.80. The Morgan fingerprint density at radius 3 is 1.94 bits per heavy atom. The van der Waals surface area contributed by atoms with E-state index in [-0.39, 0.29) is 17.9 Å². The van der Waals surface area contributed by atoms with Crippen molar-refractivity contribution in [1.29, 1.82) is 0 Å². The second-order valence-corrected chi connectivity index (χ2v) is 3.51. The van der Waals surface area contributed by atoms with E-state index in [4.69, 9.17) is 5.73 Å². The SMILES string of the molecule is NC(CS)c1c(F)cc(C(F)(F)F)cc1F.